The van der Waals surface area contributed by atoms with Crippen molar-refractivity contribution in [2.45, 2.75) is 13.5 Å². The minimum absolute atomic E-state index is 0.0585. The van der Waals surface area contributed by atoms with E-state index in [1.165, 1.54) is 42.4 Å². The summed E-state index contributed by atoms with van der Waals surface area (Å²) in [6.07, 6.45) is 0. The number of carbonyl (C=O) groups excluding carboxylic acids is 2. The number of nitrogens with zero attached hydrogens (tertiary/aromatic N) is 3. The average Bonchev–Trinajstić information content (AvgIpc) is 3.20. The third-order valence-corrected chi connectivity index (χ3v) is 4.90. The van der Waals surface area contributed by atoms with Crippen molar-refractivity contribution in [2.75, 3.05) is 12.0 Å². The molecule has 0 spiro atoms. The molecule has 3 aromatic rings. The van der Waals surface area contributed by atoms with E-state index < -0.39 is 10.9 Å². The van der Waals surface area contributed by atoms with Gasteiger partial charge >= 0.3 is 5.97 Å². The summed E-state index contributed by atoms with van der Waals surface area (Å²) in [5.74, 6) is -0.826. The Labute approximate surface area is 175 Å². The lowest BCUT2D eigenvalue weighted by molar-refractivity contribution is -0.384. The van der Waals surface area contributed by atoms with Crippen molar-refractivity contribution in [3.63, 3.8) is 0 Å². The number of thiazole rings is 1. The number of aromatic nitrogens is 1. The maximum Gasteiger partial charge on any atom is 0.342 e. The second-order valence-corrected chi connectivity index (χ2v) is 6.87. The van der Waals surface area contributed by atoms with Gasteiger partial charge < -0.3 is 9.47 Å². The molecule has 0 bridgehead atoms. The van der Waals surface area contributed by atoms with Crippen molar-refractivity contribution in [2.24, 2.45) is 0 Å². The fourth-order valence-corrected chi connectivity index (χ4v) is 3.53. The molecular formula is C20H17N3O6S. The van der Waals surface area contributed by atoms with Gasteiger partial charge in [0.25, 0.3) is 5.69 Å². The third kappa shape index (κ3) is 4.61. The summed E-state index contributed by atoms with van der Waals surface area (Å²) in [6.45, 7) is 1.27. The van der Waals surface area contributed by atoms with E-state index in [4.69, 9.17) is 9.47 Å². The molecule has 1 aromatic heterocycles. The standard InChI is InChI=1S/C20H17N3O6S/c1-13(24)22(15-6-4-3-5-7-15)20-21-14(12-30-20)11-29-19(25)17-10-16(23(26)27)8-9-18(17)28-2/h3-10,12H,11H2,1-2H3. The van der Waals surface area contributed by atoms with E-state index in [9.17, 15) is 19.7 Å². The number of hydrogen-bond donors (Lipinski definition) is 0. The van der Waals surface area contributed by atoms with Gasteiger partial charge in [0.1, 0.15) is 17.9 Å². The molecule has 0 aliphatic carbocycles. The molecule has 0 saturated carbocycles. The summed E-state index contributed by atoms with van der Waals surface area (Å²) in [5.41, 5.74) is 0.801. The number of anilines is 2. The number of para-hydroxylation sites is 1. The highest BCUT2D eigenvalue weighted by Gasteiger charge is 2.21. The Morgan fingerprint density at radius 3 is 2.57 bits per heavy atom. The molecule has 0 aliphatic heterocycles. The lowest BCUT2D eigenvalue weighted by atomic mass is 10.2. The lowest BCUT2D eigenvalue weighted by Crippen LogP contribution is -2.22. The zero-order chi connectivity index (χ0) is 21.7. The van der Waals surface area contributed by atoms with Crippen molar-refractivity contribution in [1.29, 1.82) is 0 Å². The summed E-state index contributed by atoms with van der Waals surface area (Å²) in [7, 11) is 1.35. The molecule has 0 fully saturated rings. The number of benzene rings is 2. The molecule has 0 N–H and O–H groups in total. The van der Waals surface area contributed by atoms with Crippen LogP contribution in [0.1, 0.15) is 23.0 Å². The summed E-state index contributed by atoms with van der Waals surface area (Å²) in [5, 5.41) is 13.1. The summed E-state index contributed by atoms with van der Waals surface area (Å²) in [4.78, 5) is 40.7. The molecule has 0 unspecified atom stereocenters. The van der Waals surface area contributed by atoms with Gasteiger partial charge in [-0.1, -0.05) is 18.2 Å². The number of amides is 1. The van der Waals surface area contributed by atoms with Gasteiger partial charge in [-0.25, -0.2) is 9.78 Å². The fourth-order valence-electron chi connectivity index (χ4n) is 2.66. The van der Waals surface area contributed by atoms with E-state index in [1.807, 2.05) is 18.2 Å². The number of nitro groups is 1. The van der Waals surface area contributed by atoms with Crippen LogP contribution in [-0.2, 0) is 16.1 Å². The van der Waals surface area contributed by atoms with E-state index in [-0.39, 0.29) is 29.5 Å². The summed E-state index contributed by atoms with van der Waals surface area (Å²) in [6, 6.07) is 12.7. The van der Waals surface area contributed by atoms with Crippen LogP contribution in [0.15, 0.2) is 53.9 Å². The first kappa shape index (κ1) is 20.9. The maximum absolute atomic E-state index is 12.4. The predicted octanol–water partition coefficient (Wildman–Crippen LogP) is 4.10. The van der Waals surface area contributed by atoms with Crippen LogP contribution in [0.5, 0.6) is 5.75 Å². The first-order chi connectivity index (χ1) is 14.4. The third-order valence-electron chi connectivity index (χ3n) is 4.03. The van der Waals surface area contributed by atoms with Gasteiger partial charge in [0.2, 0.25) is 5.91 Å². The first-order valence-electron chi connectivity index (χ1n) is 8.70. The molecular weight excluding hydrogens is 410 g/mol. The zero-order valence-electron chi connectivity index (χ0n) is 16.1. The van der Waals surface area contributed by atoms with Crippen LogP contribution in [0.4, 0.5) is 16.5 Å². The van der Waals surface area contributed by atoms with E-state index in [0.29, 0.717) is 16.5 Å². The van der Waals surface area contributed by atoms with Crippen LogP contribution in [-0.4, -0.2) is 28.9 Å². The number of carbonyl (C=O) groups is 2. The van der Waals surface area contributed by atoms with Crippen molar-refractivity contribution < 1.29 is 24.0 Å². The highest BCUT2D eigenvalue weighted by molar-refractivity contribution is 7.14. The van der Waals surface area contributed by atoms with Crippen LogP contribution < -0.4 is 9.64 Å². The van der Waals surface area contributed by atoms with Crippen LogP contribution in [0.2, 0.25) is 0 Å². The number of ether oxygens (including phenoxy) is 2. The largest absolute Gasteiger partial charge is 0.496 e. The summed E-state index contributed by atoms with van der Waals surface area (Å²) >= 11 is 1.23. The molecule has 2 aromatic carbocycles. The van der Waals surface area contributed by atoms with Crippen molar-refractivity contribution in [3.8, 4) is 5.75 Å². The van der Waals surface area contributed by atoms with Crippen LogP contribution in [0.25, 0.3) is 0 Å². The topological polar surface area (TPSA) is 112 Å². The Morgan fingerprint density at radius 2 is 1.93 bits per heavy atom. The highest BCUT2D eigenvalue weighted by atomic mass is 32.1. The molecule has 0 atom stereocenters. The van der Waals surface area contributed by atoms with E-state index in [1.54, 1.807) is 17.5 Å². The smallest absolute Gasteiger partial charge is 0.342 e. The van der Waals surface area contributed by atoms with Gasteiger partial charge in [0.05, 0.1) is 23.4 Å². The quantitative estimate of drug-likeness (QED) is 0.317. The fraction of sp³-hybridized carbons (Fsp3) is 0.150. The van der Waals surface area contributed by atoms with Gasteiger partial charge in [-0.3, -0.25) is 19.8 Å². The molecule has 30 heavy (non-hydrogen) atoms. The first-order valence-corrected chi connectivity index (χ1v) is 9.58. The van der Waals surface area contributed by atoms with Gasteiger partial charge in [0, 0.05) is 24.4 Å². The Hall–Kier alpha value is -3.79. The minimum atomic E-state index is -0.781. The minimum Gasteiger partial charge on any atom is -0.496 e. The van der Waals surface area contributed by atoms with E-state index >= 15 is 0 Å². The molecule has 1 heterocycles. The van der Waals surface area contributed by atoms with E-state index in [0.717, 1.165) is 6.07 Å². The van der Waals surface area contributed by atoms with Gasteiger partial charge in [0.15, 0.2) is 5.13 Å². The van der Waals surface area contributed by atoms with Gasteiger partial charge in [-0.05, 0) is 18.2 Å². The molecule has 154 valence electrons. The number of non-ortho nitro benzene ring substituents is 1. The van der Waals surface area contributed by atoms with Crippen molar-refractivity contribution >= 4 is 39.7 Å². The second kappa shape index (κ2) is 9.14. The molecule has 10 heteroatoms. The average molecular weight is 427 g/mol. The van der Waals surface area contributed by atoms with Crippen LogP contribution in [0.3, 0.4) is 0 Å². The van der Waals surface area contributed by atoms with Crippen molar-refractivity contribution in [3.05, 3.63) is 75.3 Å². The number of nitro benzene ring substituents is 1. The molecule has 3 rings (SSSR count). The Morgan fingerprint density at radius 1 is 1.20 bits per heavy atom. The SMILES string of the molecule is COc1ccc([N+](=O)[O-])cc1C(=O)OCc1csc(N(C(C)=O)c2ccccc2)n1. The Bertz CT molecular complexity index is 1080. The van der Waals surface area contributed by atoms with E-state index in [2.05, 4.69) is 4.98 Å². The number of esters is 1. The Kier molecular flexibility index (Phi) is 6.38. The van der Waals surface area contributed by atoms with Gasteiger partial charge in [-0.15, -0.1) is 11.3 Å². The van der Waals surface area contributed by atoms with Crippen LogP contribution >= 0.6 is 11.3 Å². The number of hydrogen-bond acceptors (Lipinski definition) is 8. The molecule has 0 saturated heterocycles. The molecule has 0 radical (unpaired) electrons. The second-order valence-electron chi connectivity index (χ2n) is 6.03. The normalized spacial score (nSPS) is 10.3. The van der Waals surface area contributed by atoms with Gasteiger partial charge in [-0.2, -0.15) is 0 Å². The van der Waals surface area contributed by atoms with Crippen molar-refractivity contribution in [1.82, 2.24) is 4.98 Å². The lowest BCUT2D eigenvalue weighted by Gasteiger charge is -2.17. The monoisotopic (exact) mass is 427 g/mol. The number of methoxy groups -OCH3 is 1. The zero-order valence-corrected chi connectivity index (χ0v) is 16.9. The highest BCUT2D eigenvalue weighted by Crippen LogP contribution is 2.29. The summed E-state index contributed by atoms with van der Waals surface area (Å²) < 4.78 is 10.3. The molecule has 1 amide bonds. The maximum atomic E-state index is 12.4. The Balaban J connectivity index is 1.75. The predicted molar refractivity (Wildman–Crippen MR) is 110 cm³/mol. The molecule has 0 aliphatic rings. The number of rotatable bonds is 7. The van der Waals surface area contributed by atoms with Crippen LogP contribution in [0, 0.1) is 10.1 Å². The molecule has 9 nitrogen and oxygen atoms in total.